The normalized spacial score (nSPS) is 16.6. The number of benzene rings is 1. The molecule has 116 valence electrons. The maximum Gasteiger partial charge on any atom is 0.153 e. The highest BCUT2D eigenvalue weighted by molar-refractivity contribution is 5.55. The van der Waals surface area contributed by atoms with Crippen LogP contribution in [-0.4, -0.2) is 53.2 Å². The molecular formula is C17H23N5. The van der Waals surface area contributed by atoms with Gasteiger partial charge in [-0.05, 0) is 43.8 Å². The Kier molecular flexibility index (Phi) is 4.65. The zero-order valence-electron chi connectivity index (χ0n) is 13.3. The van der Waals surface area contributed by atoms with E-state index in [0.717, 1.165) is 49.9 Å². The molecule has 0 atom stereocenters. The molecule has 0 aliphatic carbocycles. The van der Waals surface area contributed by atoms with Gasteiger partial charge in [-0.3, -0.25) is 4.90 Å². The third-order valence-corrected chi connectivity index (χ3v) is 4.03. The Labute approximate surface area is 132 Å². The second-order valence-corrected chi connectivity index (χ2v) is 5.96. The summed E-state index contributed by atoms with van der Waals surface area (Å²) in [5.41, 5.74) is 3.32. The van der Waals surface area contributed by atoms with Crippen molar-refractivity contribution in [1.82, 2.24) is 20.0 Å². The molecule has 3 rings (SSSR count). The van der Waals surface area contributed by atoms with Gasteiger partial charge in [0.1, 0.15) is 0 Å². The van der Waals surface area contributed by atoms with Crippen LogP contribution in [-0.2, 0) is 6.54 Å². The highest BCUT2D eigenvalue weighted by Crippen LogP contribution is 2.16. The molecule has 1 saturated heterocycles. The lowest BCUT2D eigenvalue weighted by atomic mass is 10.2. The zero-order valence-corrected chi connectivity index (χ0v) is 13.3. The summed E-state index contributed by atoms with van der Waals surface area (Å²) in [6.45, 7) is 7.57. The summed E-state index contributed by atoms with van der Waals surface area (Å²) in [7, 11) is 2.19. The van der Waals surface area contributed by atoms with Crippen molar-refractivity contribution in [3.05, 3.63) is 47.7 Å². The molecule has 1 N–H and O–H groups in total. The Morgan fingerprint density at radius 2 is 1.68 bits per heavy atom. The molecule has 0 spiro atoms. The Balaban J connectivity index is 1.57. The lowest BCUT2D eigenvalue weighted by molar-refractivity contribution is 0.148. The number of anilines is 2. The minimum atomic E-state index is 0.775. The molecule has 2 heterocycles. The van der Waals surface area contributed by atoms with Gasteiger partial charge in [-0.15, -0.1) is 5.10 Å². The van der Waals surface area contributed by atoms with Crippen LogP contribution in [0.3, 0.4) is 0 Å². The van der Waals surface area contributed by atoms with E-state index in [1.807, 2.05) is 19.1 Å². The molecule has 5 heteroatoms. The second-order valence-electron chi connectivity index (χ2n) is 5.96. The Morgan fingerprint density at radius 3 is 2.32 bits per heavy atom. The highest BCUT2D eigenvalue weighted by Gasteiger charge is 2.13. The summed E-state index contributed by atoms with van der Waals surface area (Å²) in [6.07, 6.45) is 0. The third kappa shape index (κ3) is 4.02. The number of aromatic nitrogens is 2. The third-order valence-electron chi connectivity index (χ3n) is 4.03. The van der Waals surface area contributed by atoms with Gasteiger partial charge in [-0.1, -0.05) is 12.1 Å². The van der Waals surface area contributed by atoms with E-state index in [1.165, 1.54) is 5.56 Å². The maximum absolute atomic E-state index is 4.12. The number of aryl methyl sites for hydroxylation is 1. The van der Waals surface area contributed by atoms with Crippen molar-refractivity contribution in [3.63, 3.8) is 0 Å². The van der Waals surface area contributed by atoms with E-state index < -0.39 is 0 Å². The average molecular weight is 297 g/mol. The van der Waals surface area contributed by atoms with Crippen LogP contribution in [0.4, 0.5) is 11.5 Å². The predicted molar refractivity (Wildman–Crippen MR) is 89.3 cm³/mol. The molecule has 22 heavy (non-hydrogen) atoms. The summed E-state index contributed by atoms with van der Waals surface area (Å²) >= 11 is 0. The molecule has 1 aromatic carbocycles. The molecule has 0 radical (unpaired) electrons. The molecule has 0 bridgehead atoms. The van der Waals surface area contributed by atoms with Crippen LogP contribution in [0.5, 0.6) is 0 Å². The smallest absolute Gasteiger partial charge is 0.153 e. The number of nitrogens with one attached hydrogen (secondary N) is 1. The Bertz CT molecular complexity index is 585. The Morgan fingerprint density at radius 1 is 0.955 bits per heavy atom. The fraction of sp³-hybridized carbons (Fsp3) is 0.412. The number of nitrogens with zero attached hydrogens (tertiary/aromatic N) is 4. The molecule has 1 aromatic heterocycles. The van der Waals surface area contributed by atoms with E-state index in [-0.39, 0.29) is 0 Å². The lowest BCUT2D eigenvalue weighted by Crippen LogP contribution is -2.43. The predicted octanol–water partition coefficient (Wildman–Crippen LogP) is 2.28. The van der Waals surface area contributed by atoms with Gasteiger partial charge in [0.2, 0.25) is 0 Å². The van der Waals surface area contributed by atoms with Crippen LogP contribution < -0.4 is 5.32 Å². The molecule has 0 amide bonds. The van der Waals surface area contributed by atoms with Crippen molar-refractivity contribution in [2.75, 3.05) is 38.5 Å². The van der Waals surface area contributed by atoms with Crippen LogP contribution in [0.15, 0.2) is 36.4 Å². The van der Waals surface area contributed by atoms with Gasteiger partial charge < -0.3 is 10.2 Å². The van der Waals surface area contributed by atoms with E-state index in [1.54, 1.807) is 0 Å². The molecule has 0 unspecified atom stereocenters. The summed E-state index contributed by atoms with van der Waals surface area (Å²) in [6, 6.07) is 12.5. The second kappa shape index (κ2) is 6.85. The van der Waals surface area contributed by atoms with Crippen LogP contribution >= 0.6 is 0 Å². The van der Waals surface area contributed by atoms with Gasteiger partial charge >= 0.3 is 0 Å². The van der Waals surface area contributed by atoms with Gasteiger partial charge in [0.25, 0.3) is 0 Å². The molecule has 1 aliphatic heterocycles. The van der Waals surface area contributed by atoms with E-state index in [2.05, 4.69) is 56.6 Å². The monoisotopic (exact) mass is 297 g/mol. The first-order valence-corrected chi connectivity index (χ1v) is 7.76. The minimum Gasteiger partial charge on any atom is -0.339 e. The quantitative estimate of drug-likeness (QED) is 0.938. The molecule has 1 fully saturated rings. The molecule has 0 saturated carbocycles. The number of piperazine rings is 1. The van der Waals surface area contributed by atoms with Gasteiger partial charge in [-0.25, -0.2) is 0 Å². The number of hydrogen-bond donors (Lipinski definition) is 1. The number of rotatable bonds is 4. The standard InChI is InChI=1S/C17H23N5/c1-14-3-8-17(20-19-14)18-16-6-4-15(5-7-16)13-22-11-9-21(2)10-12-22/h3-8H,9-13H2,1-2H3,(H,18,20). The maximum atomic E-state index is 4.12. The van der Waals surface area contributed by atoms with Crippen LogP contribution in [0.1, 0.15) is 11.3 Å². The molecule has 1 aliphatic rings. The van der Waals surface area contributed by atoms with Crippen LogP contribution in [0, 0.1) is 6.92 Å². The van der Waals surface area contributed by atoms with Crippen molar-refractivity contribution >= 4 is 11.5 Å². The first kappa shape index (κ1) is 14.9. The number of likely N-dealkylation sites (N-methyl/N-ethyl adjacent to an activating group) is 1. The van der Waals surface area contributed by atoms with Gasteiger partial charge in [-0.2, -0.15) is 5.10 Å². The van der Waals surface area contributed by atoms with Crippen molar-refractivity contribution < 1.29 is 0 Å². The van der Waals surface area contributed by atoms with Gasteiger partial charge in [0.15, 0.2) is 5.82 Å². The molecular weight excluding hydrogens is 274 g/mol. The summed E-state index contributed by atoms with van der Waals surface area (Å²) in [4.78, 5) is 4.89. The number of hydrogen-bond acceptors (Lipinski definition) is 5. The summed E-state index contributed by atoms with van der Waals surface area (Å²) in [5, 5.41) is 11.4. The van der Waals surface area contributed by atoms with Crippen molar-refractivity contribution in [2.24, 2.45) is 0 Å². The largest absolute Gasteiger partial charge is 0.339 e. The first-order valence-electron chi connectivity index (χ1n) is 7.76. The SMILES string of the molecule is Cc1ccc(Nc2ccc(CN3CCN(C)CC3)cc2)nn1. The van der Waals surface area contributed by atoms with E-state index in [0.29, 0.717) is 0 Å². The van der Waals surface area contributed by atoms with Crippen LogP contribution in [0.25, 0.3) is 0 Å². The van der Waals surface area contributed by atoms with Crippen molar-refractivity contribution in [1.29, 1.82) is 0 Å². The fourth-order valence-corrected chi connectivity index (χ4v) is 2.57. The highest BCUT2D eigenvalue weighted by atomic mass is 15.2. The van der Waals surface area contributed by atoms with Crippen LogP contribution in [0.2, 0.25) is 0 Å². The molecule has 2 aromatic rings. The first-order chi connectivity index (χ1) is 10.7. The van der Waals surface area contributed by atoms with Crippen molar-refractivity contribution in [2.45, 2.75) is 13.5 Å². The average Bonchev–Trinajstić information content (AvgIpc) is 2.54. The minimum absolute atomic E-state index is 0.775. The van der Waals surface area contributed by atoms with Crippen molar-refractivity contribution in [3.8, 4) is 0 Å². The summed E-state index contributed by atoms with van der Waals surface area (Å²) < 4.78 is 0. The van der Waals surface area contributed by atoms with E-state index in [4.69, 9.17) is 0 Å². The fourth-order valence-electron chi connectivity index (χ4n) is 2.57. The van der Waals surface area contributed by atoms with Gasteiger partial charge in [0.05, 0.1) is 5.69 Å². The Hall–Kier alpha value is -1.98. The van der Waals surface area contributed by atoms with E-state index in [9.17, 15) is 0 Å². The molecule has 5 nitrogen and oxygen atoms in total. The lowest BCUT2D eigenvalue weighted by Gasteiger charge is -2.32. The van der Waals surface area contributed by atoms with E-state index >= 15 is 0 Å². The topological polar surface area (TPSA) is 44.3 Å². The summed E-state index contributed by atoms with van der Waals surface area (Å²) in [5.74, 6) is 0.775. The zero-order chi connectivity index (χ0) is 15.4. The van der Waals surface area contributed by atoms with Gasteiger partial charge in [0, 0.05) is 38.4 Å².